The minimum atomic E-state index is -0.274. The number of benzene rings is 2. The Morgan fingerprint density at radius 2 is 1.56 bits per heavy atom. The van der Waals surface area contributed by atoms with Crippen LogP contribution in [0.25, 0.3) is 11.1 Å². The van der Waals surface area contributed by atoms with E-state index in [2.05, 4.69) is 0 Å². The van der Waals surface area contributed by atoms with E-state index in [9.17, 15) is 4.39 Å². The molecule has 0 fully saturated rings. The Morgan fingerprint density at radius 1 is 0.944 bits per heavy atom. The topological polar surface area (TPSA) is 18.5 Å². The minimum Gasteiger partial charge on any atom is -0.496 e. The van der Waals surface area contributed by atoms with Crippen LogP contribution >= 0.6 is 0 Å². The van der Waals surface area contributed by atoms with Crippen molar-refractivity contribution in [3.8, 4) is 22.6 Å². The van der Waals surface area contributed by atoms with Crippen molar-refractivity contribution in [2.45, 2.75) is 6.92 Å². The van der Waals surface area contributed by atoms with Crippen molar-refractivity contribution < 1.29 is 13.9 Å². The van der Waals surface area contributed by atoms with E-state index in [1.165, 1.54) is 12.1 Å². The van der Waals surface area contributed by atoms with Gasteiger partial charge >= 0.3 is 0 Å². The van der Waals surface area contributed by atoms with Crippen LogP contribution in [0.15, 0.2) is 36.4 Å². The van der Waals surface area contributed by atoms with Crippen LogP contribution in [0.1, 0.15) is 5.56 Å². The molecule has 0 atom stereocenters. The first-order valence-corrected chi connectivity index (χ1v) is 5.65. The van der Waals surface area contributed by atoms with Gasteiger partial charge in [-0.1, -0.05) is 12.1 Å². The molecule has 0 bridgehead atoms. The molecule has 18 heavy (non-hydrogen) atoms. The standard InChI is InChI=1S/C15H15FO2/c1-10-7-8-11(16)9-12(10)15-13(17-2)5-4-6-14(15)18-3/h4-9H,1-3H3. The molecule has 0 aliphatic heterocycles. The molecule has 2 aromatic carbocycles. The lowest BCUT2D eigenvalue weighted by Gasteiger charge is -2.15. The summed E-state index contributed by atoms with van der Waals surface area (Å²) >= 11 is 0. The minimum absolute atomic E-state index is 0.274. The fraction of sp³-hybridized carbons (Fsp3) is 0.200. The van der Waals surface area contributed by atoms with Crippen molar-refractivity contribution in [1.82, 2.24) is 0 Å². The summed E-state index contributed by atoms with van der Waals surface area (Å²) in [4.78, 5) is 0. The smallest absolute Gasteiger partial charge is 0.130 e. The Kier molecular flexibility index (Phi) is 3.51. The summed E-state index contributed by atoms with van der Waals surface area (Å²) in [5.41, 5.74) is 2.53. The van der Waals surface area contributed by atoms with Gasteiger partial charge in [0.1, 0.15) is 17.3 Å². The van der Waals surface area contributed by atoms with Crippen molar-refractivity contribution in [3.05, 3.63) is 47.8 Å². The molecule has 94 valence electrons. The summed E-state index contributed by atoms with van der Waals surface area (Å²) in [5.74, 6) is 1.06. The second-order valence-corrected chi connectivity index (χ2v) is 4.00. The summed E-state index contributed by atoms with van der Waals surface area (Å²) in [7, 11) is 3.18. The first kappa shape index (κ1) is 12.4. The van der Waals surface area contributed by atoms with E-state index in [0.29, 0.717) is 11.5 Å². The van der Waals surface area contributed by atoms with Gasteiger partial charge in [-0.05, 0) is 42.3 Å². The molecular formula is C15H15FO2. The Morgan fingerprint density at radius 3 is 2.11 bits per heavy atom. The molecule has 0 aromatic heterocycles. The van der Waals surface area contributed by atoms with Gasteiger partial charge in [0.25, 0.3) is 0 Å². The van der Waals surface area contributed by atoms with Crippen LogP contribution in [0.2, 0.25) is 0 Å². The van der Waals surface area contributed by atoms with Crippen LogP contribution in [0.3, 0.4) is 0 Å². The van der Waals surface area contributed by atoms with Crippen LogP contribution in [0.4, 0.5) is 4.39 Å². The SMILES string of the molecule is COc1cccc(OC)c1-c1cc(F)ccc1C. The molecule has 0 heterocycles. The fourth-order valence-electron chi connectivity index (χ4n) is 1.98. The van der Waals surface area contributed by atoms with E-state index in [1.807, 2.05) is 25.1 Å². The molecule has 2 aromatic rings. The predicted molar refractivity (Wildman–Crippen MR) is 69.7 cm³/mol. The molecule has 0 N–H and O–H groups in total. The lowest BCUT2D eigenvalue weighted by Crippen LogP contribution is -1.95. The van der Waals surface area contributed by atoms with Crippen LogP contribution in [0, 0.1) is 12.7 Å². The molecule has 0 radical (unpaired) electrons. The van der Waals surface area contributed by atoms with E-state index < -0.39 is 0 Å². The Hall–Kier alpha value is -2.03. The van der Waals surface area contributed by atoms with E-state index in [0.717, 1.165) is 16.7 Å². The maximum Gasteiger partial charge on any atom is 0.130 e. The molecule has 2 rings (SSSR count). The van der Waals surface area contributed by atoms with Crippen molar-refractivity contribution in [2.75, 3.05) is 14.2 Å². The Bertz CT molecular complexity index is 542. The second kappa shape index (κ2) is 5.08. The number of hydrogen-bond acceptors (Lipinski definition) is 2. The Labute approximate surface area is 106 Å². The second-order valence-electron chi connectivity index (χ2n) is 4.00. The van der Waals surface area contributed by atoms with Crippen molar-refractivity contribution in [3.63, 3.8) is 0 Å². The summed E-state index contributed by atoms with van der Waals surface area (Å²) in [6.07, 6.45) is 0. The number of rotatable bonds is 3. The molecular weight excluding hydrogens is 231 g/mol. The quantitative estimate of drug-likeness (QED) is 0.819. The zero-order valence-corrected chi connectivity index (χ0v) is 10.7. The number of halogens is 1. The average Bonchev–Trinajstić information content (AvgIpc) is 2.40. The zero-order valence-electron chi connectivity index (χ0n) is 10.7. The van der Waals surface area contributed by atoms with Gasteiger partial charge in [-0.15, -0.1) is 0 Å². The van der Waals surface area contributed by atoms with Crippen LogP contribution in [-0.2, 0) is 0 Å². The maximum absolute atomic E-state index is 13.4. The van der Waals surface area contributed by atoms with Crippen molar-refractivity contribution in [1.29, 1.82) is 0 Å². The molecule has 0 saturated heterocycles. The van der Waals surface area contributed by atoms with Gasteiger partial charge in [0.05, 0.1) is 19.8 Å². The number of methoxy groups -OCH3 is 2. The molecule has 0 aliphatic rings. The lowest BCUT2D eigenvalue weighted by molar-refractivity contribution is 0.397. The highest BCUT2D eigenvalue weighted by Crippen LogP contribution is 2.39. The largest absolute Gasteiger partial charge is 0.496 e. The molecule has 0 unspecified atom stereocenters. The maximum atomic E-state index is 13.4. The molecule has 0 aliphatic carbocycles. The van der Waals surface area contributed by atoms with Crippen molar-refractivity contribution >= 4 is 0 Å². The summed E-state index contributed by atoms with van der Waals surface area (Å²) in [6.45, 7) is 1.93. The van der Waals surface area contributed by atoms with Gasteiger partial charge in [-0.3, -0.25) is 0 Å². The van der Waals surface area contributed by atoms with Gasteiger partial charge in [0.15, 0.2) is 0 Å². The predicted octanol–water partition coefficient (Wildman–Crippen LogP) is 3.82. The third kappa shape index (κ3) is 2.16. The van der Waals surface area contributed by atoms with Gasteiger partial charge < -0.3 is 9.47 Å². The van der Waals surface area contributed by atoms with Crippen LogP contribution in [-0.4, -0.2) is 14.2 Å². The molecule has 0 amide bonds. The number of ether oxygens (including phenoxy) is 2. The highest BCUT2D eigenvalue weighted by molar-refractivity contribution is 5.79. The van der Waals surface area contributed by atoms with E-state index >= 15 is 0 Å². The average molecular weight is 246 g/mol. The summed E-state index contributed by atoms with van der Waals surface area (Å²) < 4.78 is 24.1. The monoisotopic (exact) mass is 246 g/mol. The highest BCUT2D eigenvalue weighted by Gasteiger charge is 2.14. The third-order valence-corrected chi connectivity index (χ3v) is 2.90. The van der Waals surface area contributed by atoms with Gasteiger partial charge in [-0.2, -0.15) is 0 Å². The third-order valence-electron chi connectivity index (χ3n) is 2.90. The molecule has 3 heteroatoms. The van der Waals surface area contributed by atoms with Crippen LogP contribution in [0.5, 0.6) is 11.5 Å². The normalized spacial score (nSPS) is 10.2. The van der Waals surface area contributed by atoms with Gasteiger partial charge in [0.2, 0.25) is 0 Å². The van der Waals surface area contributed by atoms with E-state index in [1.54, 1.807) is 20.3 Å². The fourth-order valence-corrected chi connectivity index (χ4v) is 1.98. The zero-order chi connectivity index (χ0) is 13.1. The Balaban J connectivity index is 2.72. The van der Waals surface area contributed by atoms with Gasteiger partial charge in [-0.25, -0.2) is 4.39 Å². The number of hydrogen-bond donors (Lipinski definition) is 0. The number of aryl methyl sites for hydroxylation is 1. The first-order valence-electron chi connectivity index (χ1n) is 5.65. The summed E-state index contributed by atoms with van der Waals surface area (Å²) in [6, 6.07) is 10.2. The van der Waals surface area contributed by atoms with Crippen molar-refractivity contribution in [2.24, 2.45) is 0 Å². The molecule has 0 saturated carbocycles. The van der Waals surface area contributed by atoms with Gasteiger partial charge in [0, 0.05) is 0 Å². The first-order chi connectivity index (χ1) is 8.67. The van der Waals surface area contributed by atoms with E-state index in [4.69, 9.17) is 9.47 Å². The molecule has 0 spiro atoms. The van der Waals surface area contributed by atoms with Crippen LogP contribution < -0.4 is 9.47 Å². The highest BCUT2D eigenvalue weighted by atomic mass is 19.1. The molecule has 2 nitrogen and oxygen atoms in total. The van der Waals surface area contributed by atoms with E-state index in [-0.39, 0.29) is 5.82 Å². The lowest BCUT2D eigenvalue weighted by atomic mass is 9.98. The summed E-state index contributed by atoms with van der Waals surface area (Å²) in [5, 5.41) is 0.